The van der Waals surface area contributed by atoms with E-state index in [-0.39, 0.29) is 41.7 Å². The van der Waals surface area contributed by atoms with Gasteiger partial charge in [0, 0.05) is 51.9 Å². The molecule has 1 saturated heterocycles. The molecule has 1 aliphatic carbocycles. The number of aromatic nitrogens is 2. The summed E-state index contributed by atoms with van der Waals surface area (Å²) in [6.45, 7) is 1.19. The Morgan fingerprint density at radius 3 is 2.69 bits per heavy atom. The van der Waals surface area contributed by atoms with E-state index >= 15 is 0 Å². The molecule has 1 N–H and O–H groups in total. The highest BCUT2D eigenvalue weighted by Crippen LogP contribution is 2.32. The minimum Gasteiger partial charge on any atom is -0.486 e. The van der Waals surface area contributed by atoms with Crippen LogP contribution in [-0.4, -0.2) is 78.7 Å². The Balaban J connectivity index is 1.34. The van der Waals surface area contributed by atoms with Crippen molar-refractivity contribution in [1.82, 2.24) is 14.9 Å². The zero-order chi connectivity index (χ0) is 27.5. The number of aldehydes is 1. The van der Waals surface area contributed by atoms with E-state index in [1.54, 1.807) is 12.0 Å². The van der Waals surface area contributed by atoms with E-state index in [1.165, 1.54) is 24.3 Å². The summed E-state index contributed by atoms with van der Waals surface area (Å²) in [6, 6.07) is 4.98. The maximum absolute atomic E-state index is 13.3. The first kappa shape index (κ1) is 26.5. The van der Waals surface area contributed by atoms with Crippen molar-refractivity contribution in [2.24, 2.45) is 0 Å². The number of rotatable bonds is 8. The number of urea groups is 1. The van der Waals surface area contributed by atoms with Crippen molar-refractivity contribution < 1.29 is 28.6 Å². The summed E-state index contributed by atoms with van der Waals surface area (Å²) in [5.41, 5.74) is 1.90. The number of fused-ring (bicyclic) bond motifs is 1. The Hall–Kier alpha value is -4.08. The fourth-order valence-electron chi connectivity index (χ4n) is 5.15. The number of carbonyl (C=O) groups is 3. The molecule has 3 atom stereocenters. The Morgan fingerprint density at radius 1 is 1.21 bits per heavy atom. The van der Waals surface area contributed by atoms with Crippen molar-refractivity contribution in [2.75, 3.05) is 37.5 Å². The number of aryl methyl sites for hydroxylation is 1. The van der Waals surface area contributed by atoms with Gasteiger partial charge in [-0.1, -0.05) is 0 Å². The van der Waals surface area contributed by atoms with Crippen LogP contribution in [-0.2, 0) is 27.2 Å². The van der Waals surface area contributed by atoms with Crippen LogP contribution in [0.4, 0.5) is 16.4 Å². The van der Waals surface area contributed by atoms with Crippen LogP contribution >= 0.6 is 0 Å². The van der Waals surface area contributed by atoms with Gasteiger partial charge in [-0.15, -0.1) is 0 Å². The van der Waals surface area contributed by atoms with Crippen molar-refractivity contribution in [3.8, 4) is 11.8 Å². The van der Waals surface area contributed by atoms with Crippen molar-refractivity contribution in [2.45, 2.75) is 57.0 Å². The molecule has 0 unspecified atom stereocenters. The van der Waals surface area contributed by atoms with E-state index in [2.05, 4.69) is 21.4 Å². The first-order chi connectivity index (χ1) is 18.9. The van der Waals surface area contributed by atoms with E-state index in [1.807, 2.05) is 6.07 Å². The molecule has 0 spiro atoms. The maximum atomic E-state index is 13.3. The fraction of sp³-hybridized carbons (Fsp3) is 0.481. The lowest BCUT2D eigenvalue weighted by atomic mass is 9.92. The van der Waals surface area contributed by atoms with Gasteiger partial charge in [0.05, 0.1) is 12.3 Å². The van der Waals surface area contributed by atoms with Gasteiger partial charge >= 0.3 is 6.03 Å². The second-order valence-electron chi connectivity index (χ2n) is 9.78. The minimum atomic E-state index is -0.466. The average molecular weight is 535 g/mol. The molecule has 2 fully saturated rings. The standard InChI is InChI=1S/C27H30N6O6/c1-37-20-5-6-21(20)39-23-11-24(29-13-18(23)12-28)31-27(36)33-8-3-4-16-10-17(19(15-34)30-25(16)33)14-32-9-7-22(38-2)26(32)35/h10-11,13,15,20-22H,3-9,14H2,1-2H3,(H,29,31,36)/t20-,21+,22-/m1/s1. The Kier molecular flexibility index (Phi) is 7.72. The number of nitrogens with zero attached hydrogens (tertiary/aromatic N) is 5. The number of hydrogen-bond donors (Lipinski definition) is 1. The maximum Gasteiger partial charge on any atom is 0.328 e. The third-order valence-electron chi connectivity index (χ3n) is 7.48. The number of nitrogens with one attached hydrogen (secondary N) is 1. The van der Waals surface area contributed by atoms with Crippen LogP contribution in [0.1, 0.15) is 52.9 Å². The van der Waals surface area contributed by atoms with E-state index < -0.39 is 12.1 Å². The first-order valence-corrected chi connectivity index (χ1v) is 12.9. The smallest absolute Gasteiger partial charge is 0.328 e. The normalized spacial score (nSPS) is 22.1. The number of ether oxygens (including phenoxy) is 3. The van der Waals surface area contributed by atoms with Crippen molar-refractivity contribution in [3.05, 3.63) is 40.7 Å². The van der Waals surface area contributed by atoms with Crippen LogP contribution < -0.4 is 15.0 Å². The lowest BCUT2D eigenvalue weighted by Crippen LogP contribution is -2.42. The quantitative estimate of drug-likeness (QED) is 0.504. The lowest BCUT2D eigenvalue weighted by molar-refractivity contribution is -0.136. The van der Waals surface area contributed by atoms with Gasteiger partial charge in [0.25, 0.3) is 5.91 Å². The lowest BCUT2D eigenvalue weighted by Gasteiger charge is -2.35. The molecule has 1 saturated carbocycles. The van der Waals surface area contributed by atoms with Crippen LogP contribution in [0, 0.1) is 11.3 Å². The molecule has 12 heteroatoms. The third kappa shape index (κ3) is 5.28. The monoisotopic (exact) mass is 534 g/mol. The van der Waals surface area contributed by atoms with Crippen LogP contribution in [0.25, 0.3) is 0 Å². The average Bonchev–Trinajstić information content (AvgIpc) is 3.29. The van der Waals surface area contributed by atoms with Crippen LogP contribution in [0.2, 0.25) is 0 Å². The fourth-order valence-corrected chi connectivity index (χ4v) is 5.15. The number of anilines is 2. The second-order valence-corrected chi connectivity index (χ2v) is 9.78. The molecule has 3 aliphatic rings. The van der Waals surface area contributed by atoms with E-state index in [4.69, 9.17) is 14.2 Å². The summed E-state index contributed by atoms with van der Waals surface area (Å²) in [6.07, 6.45) is 5.00. The molecule has 0 bridgehead atoms. The number of likely N-dealkylation sites (tertiary alicyclic amines) is 1. The van der Waals surface area contributed by atoms with Crippen LogP contribution in [0.3, 0.4) is 0 Å². The summed E-state index contributed by atoms with van der Waals surface area (Å²) in [5, 5.41) is 12.2. The Labute approximate surface area is 225 Å². The van der Waals surface area contributed by atoms with Gasteiger partial charge in [-0.3, -0.25) is 19.8 Å². The summed E-state index contributed by atoms with van der Waals surface area (Å²) in [7, 11) is 3.13. The summed E-state index contributed by atoms with van der Waals surface area (Å²) < 4.78 is 16.6. The number of hydrogen-bond acceptors (Lipinski definition) is 9. The molecule has 2 aromatic rings. The molecule has 4 heterocycles. The highest BCUT2D eigenvalue weighted by atomic mass is 16.5. The van der Waals surface area contributed by atoms with Gasteiger partial charge < -0.3 is 19.1 Å². The number of pyridine rings is 2. The van der Waals surface area contributed by atoms with Crippen molar-refractivity contribution >= 4 is 29.9 Å². The second kappa shape index (κ2) is 11.3. The third-order valence-corrected chi connectivity index (χ3v) is 7.48. The van der Waals surface area contributed by atoms with E-state index in [0.29, 0.717) is 55.8 Å². The zero-order valence-corrected chi connectivity index (χ0v) is 21.9. The number of methoxy groups -OCH3 is 2. The van der Waals surface area contributed by atoms with Gasteiger partial charge in [0.15, 0.2) is 6.29 Å². The predicted molar refractivity (Wildman–Crippen MR) is 139 cm³/mol. The molecule has 204 valence electrons. The Bertz CT molecular complexity index is 1320. The van der Waals surface area contributed by atoms with Gasteiger partial charge in [-0.2, -0.15) is 5.26 Å². The number of carbonyl (C=O) groups excluding carboxylic acids is 3. The SMILES string of the molecule is CO[C@@H]1CCN(Cc2cc3c(nc2C=O)N(C(=O)Nc2cc(O[C@H]4CC[C@H]4OC)c(C#N)cn2)CCC3)C1=O. The summed E-state index contributed by atoms with van der Waals surface area (Å²) >= 11 is 0. The van der Waals surface area contributed by atoms with Gasteiger partial charge in [0.2, 0.25) is 0 Å². The molecule has 2 aliphatic heterocycles. The number of nitriles is 1. The van der Waals surface area contributed by atoms with E-state index in [9.17, 15) is 19.6 Å². The van der Waals surface area contributed by atoms with Crippen LogP contribution in [0.5, 0.6) is 5.75 Å². The first-order valence-electron chi connectivity index (χ1n) is 12.9. The summed E-state index contributed by atoms with van der Waals surface area (Å²) in [5.74, 6) is 0.838. The molecule has 3 amide bonds. The molecular weight excluding hydrogens is 504 g/mol. The minimum absolute atomic E-state index is 0.0411. The van der Waals surface area contributed by atoms with E-state index in [0.717, 1.165) is 18.4 Å². The zero-order valence-electron chi connectivity index (χ0n) is 21.9. The molecule has 0 aromatic carbocycles. The Morgan fingerprint density at radius 2 is 2.03 bits per heavy atom. The van der Waals surface area contributed by atoms with Gasteiger partial charge in [-0.05, 0) is 37.3 Å². The molecule has 39 heavy (non-hydrogen) atoms. The molecular formula is C27H30N6O6. The molecule has 2 aromatic heterocycles. The summed E-state index contributed by atoms with van der Waals surface area (Å²) in [4.78, 5) is 49.6. The molecule has 5 rings (SSSR count). The molecule has 12 nitrogen and oxygen atoms in total. The van der Waals surface area contributed by atoms with Crippen LogP contribution in [0.15, 0.2) is 18.3 Å². The largest absolute Gasteiger partial charge is 0.486 e. The topological polar surface area (TPSA) is 147 Å². The number of amides is 3. The predicted octanol–water partition coefficient (Wildman–Crippen LogP) is 2.45. The highest BCUT2D eigenvalue weighted by molar-refractivity contribution is 6.01. The van der Waals surface area contributed by atoms with Crippen molar-refractivity contribution in [3.63, 3.8) is 0 Å². The van der Waals surface area contributed by atoms with Gasteiger partial charge in [0.1, 0.15) is 46.9 Å². The van der Waals surface area contributed by atoms with Gasteiger partial charge in [-0.25, -0.2) is 14.8 Å². The van der Waals surface area contributed by atoms with Crippen molar-refractivity contribution in [1.29, 1.82) is 5.26 Å². The highest BCUT2D eigenvalue weighted by Gasteiger charge is 2.34. The molecule has 0 radical (unpaired) electrons.